The van der Waals surface area contributed by atoms with E-state index in [4.69, 9.17) is 9.84 Å². The molecule has 0 spiro atoms. The smallest absolute Gasteiger partial charge is 0.408 e. The van der Waals surface area contributed by atoms with E-state index in [0.29, 0.717) is 19.8 Å². The molecule has 118 valence electrons. The number of piperazine rings is 1. The normalized spacial score (nSPS) is 26.6. The zero-order valence-electron chi connectivity index (χ0n) is 11.8. The fourth-order valence-corrected chi connectivity index (χ4v) is 2.64. The Morgan fingerprint density at radius 3 is 2.33 bits per heavy atom. The van der Waals surface area contributed by atoms with Gasteiger partial charge in [0.05, 0.1) is 25.8 Å². The third kappa shape index (κ3) is 3.18. The topological polar surface area (TPSA) is 111 Å². The molecule has 2 fully saturated rings. The minimum atomic E-state index is -1.21. The van der Waals surface area contributed by atoms with Crippen LogP contribution in [0.15, 0.2) is 0 Å². The van der Waals surface area contributed by atoms with Gasteiger partial charge in [0, 0.05) is 19.6 Å². The first-order chi connectivity index (χ1) is 9.91. The van der Waals surface area contributed by atoms with Gasteiger partial charge in [-0.05, 0) is 6.92 Å². The molecule has 21 heavy (non-hydrogen) atoms. The van der Waals surface area contributed by atoms with Gasteiger partial charge in [-0.3, -0.25) is 9.69 Å². The summed E-state index contributed by atoms with van der Waals surface area (Å²) in [6, 6.07) is -1.14. The van der Waals surface area contributed by atoms with Crippen molar-refractivity contribution in [2.45, 2.75) is 19.0 Å². The largest absolute Gasteiger partial charge is 0.465 e. The Bertz CT molecular complexity index is 443. The third-order valence-electron chi connectivity index (χ3n) is 3.83. The number of morpholine rings is 1. The average molecular weight is 301 g/mol. The quantitative estimate of drug-likeness (QED) is 0.680. The summed E-state index contributed by atoms with van der Waals surface area (Å²) in [5, 5.41) is 18.3. The molecule has 0 aromatic rings. The minimum absolute atomic E-state index is 0.00321. The first kappa shape index (κ1) is 15.4. The second kappa shape index (κ2) is 6.17. The SMILES string of the molecule is C[C@H]1COCCN1C(=O)[C@H]1CN(C(=O)O)CCN1C(=O)O. The predicted octanol–water partition coefficient (Wildman–Crippen LogP) is -0.424. The van der Waals surface area contributed by atoms with Crippen LogP contribution < -0.4 is 0 Å². The van der Waals surface area contributed by atoms with Crippen molar-refractivity contribution >= 4 is 18.1 Å². The van der Waals surface area contributed by atoms with Crippen LogP contribution in [0.1, 0.15) is 6.92 Å². The molecular weight excluding hydrogens is 282 g/mol. The lowest BCUT2D eigenvalue weighted by molar-refractivity contribution is -0.146. The third-order valence-corrected chi connectivity index (χ3v) is 3.83. The summed E-state index contributed by atoms with van der Waals surface area (Å²) in [5.74, 6) is -0.362. The van der Waals surface area contributed by atoms with Crippen molar-refractivity contribution in [1.82, 2.24) is 14.7 Å². The van der Waals surface area contributed by atoms with Crippen LogP contribution in [0.25, 0.3) is 0 Å². The monoisotopic (exact) mass is 301 g/mol. The van der Waals surface area contributed by atoms with Gasteiger partial charge >= 0.3 is 12.2 Å². The lowest BCUT2D eigenvalue weighted by Gasteiger charge is -2.42. The number of hydrogen-bond acceptors (Lipinski definition) is 4. The number of hydrogen-bond donors (Lipinski definition) is 2. The lowest BCUT2D eigenvalue weighted by atomic mass is 10.1. The highest BCUT2D eigenvalue weighted by atomic mass is 16.5. The average Bonchev–Trinajstić information content (AvgIpc) is 2.46. The van der Waals surface area contributed by atoms with Crippen LogP contribution in [0.2, 0.25) is 0 Å². The van der Waals surface area contributed by atoms with Crippen molar-refractivity contribution in [2.75, 3.05) is 39.4 Å². The van der Waals surface area contributed by atoms with Gasteiger partial charge in [0.1, 0.15) is 6.04 Å². The fraction of sp³-hybridized carbons (Fsp3) is 0.750. The number of ether oxygens (including phenoxy) is 1. The molecule has 2 heterocycles. The molecule has 0 unspecified atom stereocenters. The summed E-state index contributed by atoms with van der Waals surface area (Å²) in [5.41, 5.74) is 0. The van der Waals surface area contributed by atoms with Crippen LogP contribution in [0.4, 0.5) is 9.59 Å². The molecule has 2 atom stereocenters. The molecule has 3 amide bonds. The van der Waals surface area contributed by atoms with Crippen LogP contribution in [0.3, 0.4) is 0 Å². The molecule has 2 N–H and O–H groups in total. The Hall–Kier alpha value is -2.03. The predicted molar refractivity (Wildman–Crippen MR) is 70.1 cm³/mol. The molecule has 0 aromatic heterocycles. The van der Waals surface area contributed by atoms with Crippen LogP contribution >= 0.6 is 0 Å². The first-order valence-electron chi connectivity index (χ1n) is 6.77. The number of carbonyl (C=O) groups excluding carboxylic acids is 1. The summed E-state index contributed by atoms with van der Waals surface area (Å²) in [6.45, 7) is 2.94. The molecule has 0 radical (unpaired) electrons. The van der Waals surface area contributed by atoms with Gasteiger partial charge in [-0.15, -0.1) is 0 Å². The number of carbonyl (C=O) groups is 3. The van der Waals surface area contributed by atoms with E-state index in [1.165, 1.54) is 0 Å². The fourth-order valence-electron chi connectivity index (χ4n) is 2.64. The molecule has 0 aliphatic carbocycles. The van der Waals surface area contributed by atoms with E-state index in [-0.39, 0.29) is 31.6 Å². The van der Waals surface area contributed by atoms with Crippen molar-refractivity contribution in [3.05, 3.63) is 0 Å². The molecule has 0 saturated carbocycles. The van der Waals surface area contributed by atoms with Crippen LogP contribution in [-0.4, -0.2) is 94.5 Å². The highest BCUT2D eigenvalue weighted by Crippen LogP contribution is 2.16. The van der Waals surface area contributed by atoms with Crippen molar-refractivity contribution in [2.24, 2.45) is 0 Å². The zero-order valence-corrected chi connectivity index (χ0v) is 11.8. The van der Waals surface area contributed by atoms with Crippen molar-refractivity contribution in [3.8, 4) is 0 Å². The van der Waals surface area contributed by atoms with Gasteiger partial charge in [0.2, 0.25) is 5.91 Å². The summed E-state index contributed by atoms with van der Waals surface area (Å²) >= 11 is 0. The maximum absolute atomic E-state index is 12.6. The maximum Gasteiger partial charge on any atom is 0.408 e. The highest BCUT2D eigenvalue weighted by molar-refractivity contribution is 5.87. The van der Waals surface area contributed by atoms with E-state index < -0.39 is 18.2 Å². The summed E-state index contributed by atoms with van der Waals surface area (Å²) in [4.78, 5) is 38.6. The van der Waals surface area contributed by atoms with E-state index in [9.17, 15) is 19.5 Å². The van der Waals surface area contributed by atoms with Gasteiger partial charge in [-0.2, -0.15) is 0 Å². The molecule has 2 aliphatic heterocycles. The Kier molecular flexibility index (Phi) is 4.51. The van der Waals surface area contributed by atoms with Crippen molar-refractivity contribution in [1.29, 1.82) is 0 Å². The Balaban J connectivity index is 2.16. The van der Waals surface area contributed by atoms with Crippen LogP contribution in [0.5, 0.6) is 0 Å². The van der Waals surface area contributed by atoms with Gasteiger partial charge in [0.15, 0.2) is 0 Å². The summed E-state index contributed by atoms with van der Waals surface area (Å²) in [7, 11) is 0. The molecular formula is C12H19N3O6. The summed E-state index contributed by atoms with van der Waals surface area (Å²) < 4.78 is 5.25. The Morgan fingerprint density at radius 1 is 1.05 bits per heavy atom. The van der Waals surface area contributed by atoms with Gasteiger partial charge in [0.25, 0.3) is 0 Å². The van der Waals surface area contributed by atoms with E-state index in [1.54, 1.807) is 4.90 Å². The number of rotatable bonds is 1. The zero-order chi connectivity index (χ0) is 15.6. The van der Waals surface area contributed by atoms with Gasteiger partial charge in [-0.25, -0.2) is 9.59 Å². The van der Waals surface area contributed by atoms with Gasteiger partial charge in [-0.1, -0.05) is 0 Å². The maximum atomic E-state index is 12.6. The molecule has 2 saturated heterocycles. The van der Waals surface area contributed by atoms with Crippen molar-refractivity contribution in [3.63, 3.8) is 0 Å². The molecule has 2 aliphatic rings. The minimum Gasteiger partial charge on any atom is -0.465 e. The molecule has 0 aromatic carbocycles. The standard InChI is InChI=1S/C12H19N3O6/c1-8-7-21-5-4-14(8)10(16)9-6-13(11(17)18)2-3-15(9)12(19)20/h8-9H,2-7H2,1H3,(H,17,18)(H,19,20)/t8-,9+/m0/s1. The second-order valence-corrected chi connectivity index (χ2v) is 5.18. The van der Waals surface area contributed by atoms with Crippen molar-refractivity contribution < 1.29 is 29.3 Å². The Labute approximate surface area is 121 Å². The van der Waals surface area contributed by atoms with Gasteiger partial charge < -0.3 is 24.7 Å². The first-order valence-corrected chi connectivity index (χ1v) is 6.77. The lowest BCUT2D eigenvalue weighted by Crippen LogP contribution is -2.63. The number of amides is 3. The molecule has 0 bridgehead atoms. The van der Waals surface area contributed by atoms with Crippen LogP contribution in [0, 0.1) is 0 Å². The molecule has 2 rings (SSSR count). The van der Waals surface area contributed by atoms with E-state index >= 15 is 0 Å². The highest BCUT2D eigenvalue weighted by Gasteiger charge is 2.40. The molecule has 9 heteroatoms. The van der Waals surface area contributed by atoms with Crippen LogP contribution in [-0.2, 0) is 9.53 Å². The summed E-state index contributed by atoms with van der Waals surface area (Å²) in [6.07, 6.45) is -2.35. The van der Waals surface area contributed by atoms with E-state index in [0.717, 1.165) is 9.80 Å². The second-order valence-electron chi connectivity index (χ2n) is 5.18. The number of nitrogens with zero attached hydrogens (tertiary/aromatic N) is 3. The molecule has 9 nitrogen and oxygen atoms in total. The van der Waals surface area contributed by atoms with E-state index in [1.807, 2.05) is 6.92 Å². The number of carboxylic acid groups (broad SMARTS) is 2. The van der Waals surface area contributed by atoms with E-state index in [2.05, 4.69) is 0 Å². The Morgan fingerprint density at radius 2 is 1.76 bits per heavy atom.